The number of Topliss-reactive ketones (excluding diaryl/α,β-unsaturated/α-hetero) is 1. The Hall–Kier alpha value is -1.55. The molecule has 1 heterocycles. The van der Waals surface area contributed by atoms with Crippen molar-refractivity contribution in [3.8, 4) is 5.75 Å². The second kappa shape index (κ2) is 4.85. The zero-order valence-corrected chi connectivity index (χ0v) is 11.1. The molecular weight excluding hydrogens is 242 g/mol. The fraction of sp³-hybridized carbons (Fsp3) is 0.533. The Morgan fingerprint density at radius 2 is 2.26 bits per heavy atom. The van der Waals surface area contributed by atoms with Crippen LogP contribution in [0.5, 0.6) is 5.75 Å². The van der Waals surface area contributed by atoms with Crippen LogP contribution in [-0.2, 0) is 4.74 Å². The Balaban J connectivity index is 1.89. The molecule has 0 bridgehead atoms. The maximum atomic E-state index is 11.3. The fourth-order valence-corrected chi connectivity index (χ4v) is 3.24. The molecule has 4 heteroatoms. The van der Waals surface area contributed by atoms with E-state index in [4.69, 9.17) is 4.74 Å². The minimum absolute atomic E-state index is 0.0750. The molecule has 19 heavy (non-hydrogen) atoms. The fourth-order valence-electron chi connectivity index (χ4n) is 3.24. The molecular formula is C15H19NO3. The van der Waals surface area contributed by atoms with Crippen LogP contribution in [0.2, 0.25) is 0 Å². The smallest absolute Gasteiger partial charge is 0.163 e. The van der Waals surface area contributed by atoms with Gasteiger partial charge in [0.2, 0.25) is 0 Å². The van der Waals surface area contributed by atoms with Crippen molar-refractivity contribution in [2.24, 2.45) is 0 Å². The molecule has 1 aromatic carbocycles. The molecule has 102 valence electrons. The average molecular weight is 261 g/mol. The molecule has 1 N–H and O–H groups in total. The van der Waals surface area contributed by atoms with Crippen LogP contribution in [0.15, 0.2) is 18.2 Å². The summed E-state index contributed by atoms with van der Waals surface area (Å²) in [4.78, 5) is 13.7. The van der Waals surface area contributed by atoms with E-state index in [0.29, 0.717) is 17.7 Å². The second-order valence-corrected chi connectivity index (χ2v) is 5.36. The number of morpholine rings is 1. The molecule has 0 spiro atoms. The van der Waals surface area contributed by atoms with Gasteiger partial charge in [0.15, 0.2) is 5.78 Å². The summed E-state index contributed by atoms with van der Waals surface area (Å²) >= 11 is 0. The molecule has 1 saturated heterocycles. The van der Waals surface area contributed by atoms with Gasteiger partial charge in [-0.15, -0.1) is 0 Å². The number of carbonyl (C=O) groups is 1. The van der Waals surface area contributed by atoms with Crippen molar-refractivity contribution >= 4 is 11.5 Å². The van der Waals surface area contributed by atoms with Gasteiger partial charge in [-0.1, -0.05) is 0 Å². The zero-order valence-electron chi connectivity index (χ0n) is 11.1. The van der Waals surface area contributed by atoms with Gasteiger partial charge in [-0.05, 0) is 38.3 Å². The number of hydrogen-bond donors (Lipinski definition) is 1. The number of ether oxygens (including phenoxy) is 1. The van der Waals surface area contributed by atoms with E-state index < -0.39 is 0 Å². The maximum absolute atomic E-state index is 11.3. The zero-order chi connectivity index (χ0) is 13.4. The topological polar surface area (TPSA) is 49.8 Å². The van der Waals surface area contributed by atoms with E-state index in [2.05, 4.69) is 4.90 Å². The van der Waals surface area contributed by atoms with Crippen LogP contribution >= 0.6 is 0 Å². The highest BCUT2D eigenvalue weighted by atomic mass is 16.5. The van der Waals surface area contributed by atoms with Crippen molar-refractivity contribution in [1.29, 1.82) is 0 Å². The van der Waals surface area contributed by atoms with Crippen LogP contribution in [0.25, 0.3) is 0 Å². The first-order chi connectivity index (χ1) is 9.16. The van der Waals surface area contributed by atoms with Gasteiger partial charge in [-0.3, -0.25) is 4.79 Å². The summed E-state index contributed by atoms with van der Waals surface area (Å²) < 4.78 is 5.79. The third-order valence-corrected chi connectivity index (χ3v) is 4.17. The number of benzene rings is 1. The number of phenols is 1. The van der Waals surface area contributed by atoms with Crippen LogP contribution in [0.4, 0.5) is 5.69 Å². The summed E-state index contributed by atoms with van der Waals surface area (Å²) in [7, 11) is 0. The number of carbonyl (C=O) groups excluding carboxylic acids is 1. The van der Waals surface area contributed by atoms with Crippen LogP contribution < -0.4 is 4.90 Å². The van der Waals surface area contributed by atoms with Crippen molar-refractivity contribution in [2.45, 2.75) is 38.3 Å². The van der Waals surface area contributed by atoms with E-state index in [-0.39, 0.29) is 11.5 Å². The molecule has 2 unspecified atom stereocenters. The number of anilines is 1. The Bertz CT molecular complexity index is 500. The summed E-state index contributed by atoms with van der Waals surface area (Å²) in [5, 5.41) is 9.95. The second-order valence-electron chi connectivity index (χ2n) is 5.36. The van der Waals surface area contributed by atoms with Crippen LogP contribution in [0, 0.1) is 0 Å². The highest BCUT2D eigenvalue weighted by molar-refractivity contribution is 5.97. The van der Waals surface area contributed by atoms with E-state index in [9.17, 15) is 9.90 Å². The summed E-state index contributed by atoms with van der Waals surface area (Å²) in [6, 6.07) is 5.76. The molecule has 2 atom stereocenters. The van der Waals surface area contributed by atoms with Crippen molar-refractivity contribution in [3.63, 3.8) is 0 Å². The summed E-state index contributed by atoms with van der Waals surface area (Å²) in [5.41, 5.74) is 1.38. The first kappa shape index (κ1) is 12.5. The van der Waals surface area contributed by atoms with Crippen LogP contribution in [-0.4, -0.2) is 36.2 Å². The van der Waals surface area contributed by atoms with Crippen LogP contribution in [0.1, 0.15) is 36.5 Å². The van der Waals surface area contributed by atoms with Gasteiger partial charge in [-0.2, -0.15) is 0 Å². The van der Waals surface area contributed by atoms with Gasteiger partial charge in [0.25, 0.3) is 0 Å². The van der Waals surface area contributed by atoms with Gasteiger partial charge in [0.1, 0.15) is 5.75 Å². The number of nitrogens with zero attached hydrogens (tertiary/aromatic N) is 1. The van der Waals surface area contributed by atoms with E-state index in [1.165, 1.54) is 13.3 Å². The van der Waals surface area contributed by atoms with Gasteiger partial charge < -0.3 is 14.7 Å². The first-order valence-corrected chi connectivity index (χ1v) is 6.89. The van der Waals surface area contributed by atoms with Crippen molar-refractivity contribution in [1.82, 2.24) is 0 Å². The number of rotatable bonds is 2. The summed E-state index contributed by atoms with van der Waals surface area (Å²) in [6.45, 7) is 3.05. The van der Waals surface area contributed by atoms with Gasteiger partial charge in [0.05, 0.1) is 24.3 Å². The summed E-state index contributed by atoms with van der Waals surface area (Å²) in [5.74, 6) is -0.0317. The summed E-state index contributed by atoms with van der Waals surface area (Å²) in [6.07, 6.45) is 3.78. The normalized spacial score (nSPS) is 26.3. The Morgan fingerprint density at radius 1 is 1.42 bits per heavy atom. The number of aromatic hydroxyl groups is 1. The quantitative estimate of drug-likeness (QED) is 0.830. The lowest BCUT2D eigenvalue weighted by Crippen LogP contribution is -2.48. The van der Waals surface area contributed by atoms with Gasteiger partial charge in [0, 0.05) is 18.3 Å². The van der Waals surface area contributed by atoms with Crippen LogP contribution in [0.3, 0.4) is 0 Å². The monoisotopic (exact) mass is 261 g/mol. The number of fused-ring (bicyclic) bond motifs is 1. The van der Waals surface area contributed by atoms with Gasteiger partial charge >= 0.3 is 0 Å². The number of ketones is 1. The Morgan fingerprint density at radius 3 is 3.00 bits per heavy atom. The lowest BCUT2D eigenvalue weighted by molar-refractivity contribution is 0.0256. The highest BCUT2D eigenvalue weighted by Gasteiger charge is 2.36. The molecule has 3 rings (SSSR count). The minimum atomic E-state index is -0.107. The molecule has 0 aromatic heterocycles. The Kier molecular flexibility index (Phi) is 3.19. The largest absolute Gasteiger partial charge is 0.507 e. The van der Waals surface area contributed by atoms with Gasteiger partial charge in [-0.25, -0.2) is 0 Å². The third kappa shape index (κ3) is 2.21. The van der Waals surface area contributed by atoms with E-state index in [1.54, 1.807) is 12.1 Å². The van der Waals surface area contributed by atoms with Crippen molar-refractivity contribution < 1.29 is 14.6 Å². The SMILES string of the molecule is CC(=O)c1ccc(N2CCOC3CCCC32)cc1O. The lowest BCUT2D eigenvalue weighted by Gasteiger charge is -2.39. The first-order valence-electron chi connectivity index (χ1n) is 6.89. The van der Waals surface area contributed by atoms with Crippen molar-refractivity contribution in [3.05, 3.63) is 23.8 Å². The standard InChI is InChI=1S/C15H19NO3/c1-10(17)12-6-5-11(9-14(12)18)16-7-8-19-15-4-2-3-13(15)16/h5-6,9,13,15,18H,2-4,7-8H2,1H3. The molecule has 4 nitrogen and oxygen atoms in total. The molecule has 2 fully saturated rings. The molecule has 1 aliphatic heterocycles. The van der Waals surface area contributed by atoms with E-state index in [0.717, 1.165) is 31.7 Å². The third-order valence-electron chi connectivity index (χ3n) is 4.17. The predicted molar refractivity (Wildman–Crippen MR) is 72.8 cm³/mol. The molecule has 0 amide bonds. The highest BCUT2D eigenvalue weighted by Crippen LogP contribution is 2.35. The van der Waals surface area contributed by atoms with Crippen molar-refractivity contribution in [2.75, 3.05) is 18.1 Å². The number of phenolic OH excluding ortho intramolecular Hbond substituents is 1. The number of hydrogen-bond acceptors (Lipinski definition) is 4. The molecule has 1 aliphatic carbocycles. The predicted octanol–water partition coefficient (Wildman–Crippen LogP) is 2.35. The average Bonchev–Trinajstić information content (AvgIpc) is 2.86. The molecule has 0 radical (unpaired) electrons. The molecule has 1 saturated carbocycles. The van der Waals surface area contributed by atoms with E-state index >= 15 is 0 Å². The molecule has 1 aromatic rings. The molecule has 2 aliphatic rings. The minimum Gasteiger partial charge on any atom is -0.507 e. The van der Waals surface area contributed by atoms with E-state index in [1.807, 2.05) is 6.07 Å². The maximum Gasteiger partial charge on any atom is 0.163 e. The Labute approximate surface area is 113 Å². The lowest BCUT2D eigenvalue weighted by atomic mass is 10.1.